The Kier molecular flexibility index (Phi) is 19.0. The van der Waals surface area contributed by atoms with Gasteiger partial charge in [-0.1, -0.05) is 0 Å². The van der Waals surface area contributed by atoms with Gasteiger partial charge in [-0.15, -0.1) is 0 Å². The minimum atomic E-state index is -5.64. The summed E-state index contributed by atoms with van der Waals surface area (Å²) in [6.07, 6.45) is -8.57. The summed E-state index contributed by atoms with van der Waals surface area (Å²) in [4.78, 5) is 16.9. The molecule has 0 bridgehead atoms. The molecule has 0 rings (SSSR count). The summed E-state index contributed by atoms with van der Waals surface area (Å²) in [5.74, 6) is -7.69. The van der Waals surface area contributed by atoms with Crippen molar-refractivity contribution in [3.63, 3.8) is 0 Å². The van der Waals surface area contributed by atoms with Crippen molar-refractivity contribution in [3.8, 4) is 0 Å². The van der Waals surface area contributed by atoms with Gasteiger partial charge in [0.2, 0.25) is 0 Å². The van der Waals surface area contributed by atoms with Gasteiger partial charge in [0.25, 0.3) is 0 Å². The molecule has 0 amide bonds. The molecule has 0 saturated carbocycles. The first-order valence-electron chi connectivity index (χ1n) is 11.4. The fraction of sp³-hybridized carbons (Fsp3) is 1.00. The van der Waals surface area contributed by atoms with Crippen molar-refractivity contribution in [1.29, 1.82) is 0 Å². The first-order chi connectivity index (χ1) is 15.7. The number of nitrogens with zero attached hydrogens (tertiary/aromatic N) is 2. The van der Waals surface area contributed by atoms with Crippen molar-refractivity contribution in [2.45, 2.75) is 79.1 Å². The lowest BCUT2D eigenvalue weighted by atomic mass is 10.2. The third-order valence-corrected chi connectivity index (χ3v) is 6.50. The van der Waals surface area contributed by atoms with Crippen LogP contribution >= 0.6 is 7.91 Å². The van der Waals surface area contributed by atoms with E-state index in [1.165, 1.54) is 0 Å². The highest BCUT2D eigenvalue weighted by molar-refractivity contribution is 7.42. The molecule has 0 radical (unpaired) electrons. The highest BCUT2D eigenvalue weighted by Gasteiger charge is 2.43. The van der Waals surface area contributed by atoms with Crippen LogP contribution in [0.15, 0.2) is 0 Å². The summed E-state index contributed by atoms with van der Waals surface area (Å²) in [7, 11) is -5.64. The van der Waals surface area contributed by atoms with Gasteiger partial charge < -0.3 is 23.3 Å². The van der Waals surface area contributed by atoms with Crippen molar-refractivity contribution < 1.29 is 62.6 Å². The summed E-state index contributed by atoms with van der Waals surface area (Å²) >= 11 is 0. The number of hydrogen-bond donors (Lipinski definition) is 0. The van der Waals surface area contributed by atoms with E-state index in [0.717, 1.165) is 0 Å². The molecule has 0 fully saturated rings. The van der Waals surface area contributed by atoms with Crippen molar-refractivity contribution in [2.24, 2.45) is 0 Å². The lowest BCUT2D eigenvalue weighted by Crippen LogP contribution is -2.50. The van der Waals surface area contributed by atoms with E-state index in [-0.39, 0.29) is 13.1 Å². The summed E-state index contributed by atoms with van der Waals surface area (Å²) in [6, 6.07) is 0. The zero-order chi connectivity index (χ0) is 28.7. The average molecular weight is 559 g/mol. The molecule has 0 atom stereocenters. The zero-order valence-electron chi connectivity index (χ0n) is 21.2. The SMILES string of the molecule is CC[N+](CC)(CC)CCC(F)(F)C(F)F.CC[N+](CC)(CC)CCC(F)(F)C(F)F.O=P([O-])([O-])F. The largest absolute Gasteiger partial charge is 0.786 e. The standard InChI is InChI=1S/2C10H20F4N.FH2O3P/c2*1-4-15(5-2,6-3)8-7-10(13,14)9(11)12;1-5(2,3)4/h2*9H,4-8H2,1-3H3;(H2,2,3,4)/q2*+1;/p-2. The molecule has 35 heavy (non-hydrogen) atoms. The van der Waals surface area contributed by atoms with E-state index < -0.39 is 45.4 Å². The lowest BCUT2D eigenvalue weighted by Gasteiger charge is -2.36. The van der Waals surface area contributed by atoms with Gasteiger partial charge >= 0.3 is 24.7 Å². The third kappa shape index (κ3) is 17.5. The van der Waals surface area contributed by atoms with Crippen LogP contribution in [0, 0.1) is 0 Å². The molecule has 0 aromatic heterocycles. The summed E-state index contributed by atoms with van der Waals surface area (Å²) in [5, 5.41) is 0. The fourth-order valence-electron chi connectivity index (χ4n) is 3.28. The quantitative estimate of drug-likeness (QED) is 0.170. The van der Waals surface area contributed by atoms with Crippen LogP contribution in [-0.2, 0) is 4.57 Å². The zero-order valence-corrected chi connectivity index (χ0v) is 22.1. The van der Waals surface area contributed by atoms with Crippen LogP contribution in [0.5, 0.6) is 0 Å². The highest BCUT2D eigenvalue weighted by atomic mass is 31.2. The van der Waals surface area contributed by atoms with Crippen LogP contribution in [0.3, 0.4) is 0 Å². The molecule has 216 valence electrons. The molecule has 0 heterocycles. The van der Waals surface area contributed by atoms with E-state index in [0.29, 0.717) is 48.2 Å². The second kappa shape index (κ2) is 17.0. The molecule has 5 nitrogen and oxygen atoms in total. The van der Waals surface area contributed by atoms with Crippen LogP contribution in [0.1, 0.15) is 54.4 Å². The molecule has 0 aliphatic carbocycles. The van der Waals surface area contributed by atoms with E-state index in [9.17, 15) is 39.3 Å². The molecule has 0 aromatic carbocycles. The minimum absolute atomic E-state index is 0.112. The van der Waals surface area contributed by atoms with Gasteiger partial charge in [-0.25, -0.2) is 39.3 Å². The van der Waals surface area contributed by atoms with Crippen molar-refractivity contribution >= 4 is 7.91 Å². The summed E-state index contributed by atoms with van der Waals surface area (Å²) in [5.41, 5.74) is 0. The minimum Gasteiger partial charge on any atom is -0.786 e. The first-order valence-corrected chi connectivity index (χ1v) is 12.8. The van der Waals surface area contributed by atoms with Gasteiger partial charge in [0.05, 0.1) is 65.2 Å². The molecule has 0 N–H and O–H groups in total. The average Bonchev–Trinajstić information content (AvgIpc) is 2.75. The van der Waals surface area contributed by atoms with Gasteiger partial charge in [-0.3, -0.25) is 0 Å². The Morgan fingerprint density at radius 3 is 0.914 bits per heavy atom. The number of halogens is 9. The molecule has 15 heteroatoms. The maximum absolute atomic E-state index is 12.7. The van der Waals surface area contributed by atoms with Gasteiger partial charge in [-0.2, -0.15) is 0 Å². The summed E-state index contributed by atoms with van der Waals surface area (Å²) in [6.45, 7) is 15.8. The second-order valence-electron chi connectivity index (χ2n) is 8.08. The second-order valence-corrected chi connectivity index (χ2v) is 8.94. The molecular formula is C20H40F9N2O3P. The number of hydrogen-bond acceptors (Lipinski definition) is 3. The normalized spacial score (nSPS) is 13.3. The van der Waals surface area contributed by atoms with E-state index >= 15 is 0 Å². The lowest BCUT2D eigenvalue weighted by molar-refractivity contribution is -0.924. The first kappa shape index (κ1) is 39.0. The Hall–Kier alpha value is -0.560. The van der Waals surface area contributed by atoms with Crippen molar-refractivity contribution in [1.82, 2.24) is 0 Å². The van der Waals surface area contributed by atoms with Crippen LogP contribution in [-0.4, -0.2) is 86.0 Å². The molecular weight excluding hydrogens is 518 g/mol. The Labute approximate surface area is 202 Å². The molecule has 0 unspecified atom stereocenters. The van der Waals surface area contributed by atoms with E-state index in [2.05, 4.69) is 0 Å². The molecule has 0 aliphatic rings. The molecule has 0 aliphatic heterocycles. The Bertz CT molecular complexity index is 521. The van der Waals surface area contributed by atoms with Gasteiger partial charge in [0.15, 0.2) is 0 Å². The van der Waals surface area contributed by atoms with Crippen molar-refractivity contribution in [3.05, 3.63) is 0 Å². The predicted molar refractivity (Wildman–Crippen MR) is 113 cm³/mol. The smallest absolute Gasteiger partial charge is 0.312 e. The van der Waals surface area contributed by atoms with Gasteiger partial charge in [0.1, 0.15) is 7.91 Å². The predicted octanol–water partition coefficient (Wildman–Crippen LogP) is 5.09. The van der Waals surface area contributed by atoms with Crippen molar-refractivity contribution in [2.75, 3.05) is 52.4 Å². The van der Waals surface area contributed by atoms with Crippen LogP contribution in [0.25, 0.3) is 0 Å². The summed E-state index contributed by atoms with van der Waals surface area (Å²) < 4.78 is 118. The Morgan fingerprint density at radius 2 is 0.800 bits per heavy atom. The van der Waals surface area contributed by atoms with Crippen LogP contribution in [0.2, 0.25) is 0 Å². The Balaban J connectivity index is -0.000000491. The highest BCUT2D eigenvalue weighted by Crippen LogP contribution is 2.29. The van der Waals surface area contributed by atoms with E-state index in [1.807, 2.05) is 41.5 Å². The van der Waals surface area contributed by atoms with E-state index in [1.54, 1.807) is 0 Å². The van der Waals surface area contributed by atoms with Gasteiger partial charge in [-0.05, 0) is 41.5 Å². The molecule has 0 saturated heterocycles. The number of alkyl halides is 8. The molecule has 0 spiro atoms. The fourth-order valence-corrected chi connectivity index (χ4v) is 3.28. The van der Waals surface area contributed by atoms with E-state index in [4.69, 9.17) is 14.4 Å². The molecule has 0 aromatic rings. The maximum atomic E-state index is 12.7. The third-order valence-electron chi connectivity index (χ3n) is 6.50. The monoisotopic (exact) mass is 558 g/mol. The van der Waals surface area contributed by atoms with Crippen LogP contribution in [0.4, 0.5) is 39.3 Å². The topological polar surface area (TPSA) is 63.2 Å². The van der Waals surface area contributed by atoms with Crippen LogP contribution < -0.4 is 9.79 Å². The number of quaternary nitrogens is 2. The Morgan fingerprint density at radius 1 is 0.629 bits per heavy atom. The maximum Gasteiger partial charge on any atom is 0.312 e. The number of rotatable bonds is 14. The van der Waals surface area contributed by atoms with Gasteiger partial charge in [0, 0.05) is 0 Å².